The standard InChI is InChI=1S/C46H26N2OS/c1-2-8-30-23-34(18-15-27(30)7-1)44-36-20-21-39-43(38-25-31-9-3-4-10-32(31)26-40(38)49-39)45(36)48-46(47-44)29-16-13-28(14-17-29)33-19-22-42-37(24-33)35-11-5-6-12-41(35)50-42/h1-26H. The summed E-state index contributed by atoms with van der Waals surface area (Å²) in [6.45, 7) is 0. The molecule has 0 saturated heterocycles. The van der Waals surface area contributed by atoms with E-state index in [1.165, 1.54) is 41.9 Å². The molecule has 0 N–H and O–H groups in total. The number of thiophene rings is 1. The van der Waals surface area contributed by atoms with Crippen molar-refractivity contribution in [2.45, 2.75) is 0 Å². The van der Waals surface area contributed by atoms with E-state index in [0.29, 0.717) is 5.82 Å². The number of furan rings is 1. The van der Waals surface area contributed by atoms with E-state index in [0.717, 1.165) is 60.6 Å². The van der Waals surface area contributed by atoms with Gasteiger partial charge in [0.2, 0.25) is 0 Å². The minimum atomic E-state index is 0.689. The van der Waals surface area contributed by atoms with Crippen LogP contribution in [0.2, 0.25) is 0 Å². The Morgan fingerprint density at radius 1 is 0.400 bits per heavy atom. The number of fused-ring (bicyclic) bond motifs is 10. The fourth-order valence-electron chi connectivity index (χ4n) is 7.54. The summed E-state index contributed by atoms with van der Waals surface area (Å²) in [6.07, 6.45) is 0. The van der Waals surface area contributed by atoms with E-state index in [1.807, 2.05) is 11.3 Å². The third-order valence-electron chi connectivity index (χ3n) is 10.0. The normalized spacial score (nSPS) is 12.0. The Labute approximate surface area is 290 Å². The minimum absolute atomic E-state index is 0.689. The predicted octanol–water partition coefficient (Wildman–Crippen LogP) is 13.2. The highest BCUT2D eigenvalue weighted by Gasteiger charge is 2.19. The van der Waals surface area contributed by atoms with Gasteiger partial charge in [-0.05, 0) is 81.2 Å². The van der Waals surface area contributed by atoms with Crippen LogP contribution in [0.25, 0.3) is 108 Å². The van der Waals surface area contributed by atoms with Crippen molar-refractivity contribution < 1.29 is 4.42 Å². The lowest BCUT2D eigenvalue weighted by atomic mass is 9.99. The number of hydrogen-bond donors (Lipinski definition) is 0. The smallest absolute Gasteiger partial charge is 0.160 e. The summed E-state index contributed by atoms with van der Waals surface area (Å²) in [5.41, 5.74) is 7.87. The molecule has 0 spiro atoms. The molecule has 0 bridgehead atoms. The molecule has 232 valence electrons. The number of rotatable bonds is 3. The molecule has 3 heterocycles. The Morgan fingerprint density at radius 2 is 1.08 bits per heavy atom. The molecule has 0 aliphatic rings. The molecule has 50 heavy (non-hydrogen) atoms. The average Bonchev–Trinajstić information content (AvgIpc) is 3.74. The van der Waals surface area contributed by atoms with Gasteiger partial charge in [0.05, 0.1) is 16.6 Å². The van der Waals surface area contributed by atoms with Crippen LogP contribution in [-0.2, 0) is 0 Å². The number of benzene rings is 8. The zero-order valence-corrected chi connectivity index (χ0v) is 27.5. The third kappa shape index (κ3) is 4.22. The molecule has 3 nitrogen and oxygen atoms in total. The second-order valence-electron chi connectivity index (χ2n) is 13.0. The summed E-state index contributed by atoms with van der Waals surface area (Å²) in [6, 6.07) is 56.1. The summed E-state index contributed by atoms with van der Waals surface area (Å²) in [5.74, 6) is 0.689. The summed E-state index contributed by atoms with van der Waals surface area (Å²) in [4.78, 5) is 10.6. The maximum Gasteiger partial charge on any atom is 0.160 e. The van der Waals surface area contributed by atoms with Crippen LogP contribution >= 0.6 is 11.3 Å². The van der Waals surface area contributed by atoms with Gasteiger partial charge in [-0.1, -0.05) is 109 Å². The van der Waals surface area contributed by atoms with E-state index in [4.69, 9.17) is 14.4 Å². The molecule has 0 aliphatic heterocycles. The molecule has 0 unspecified atom stereocenters. The summed E-state index contributed by atoms with van der Waals surface area (Å²) in [7, 11) is 0. The molecule has 0 atom stereocenters. The Balaban J connectivity index is 1.12. The zero-order valence-electron chi connectivity index (χ0n) is 26.7. The fraction of sp³-hybridized carbons (Fsp3) is 0. The van der Waals surface area contributed by atoms with Crippen LogP contribution in [0.3, 0.4) is 0 Å². The van der Waals surface area contributed by atoms with Crippen molar-refractivity contribution in [2.75, 3.05) is 0 Å². The van der Waals surface area contributed by atoms with Crippen LogP contribution in [0.15, 0.2) is 162 Å². The fourth-order valence-corrected chi connectivity index (χ4v) is 8.63. The van der Waals surface area contributed by atoms with Crippen molar-refractivity contribution in [3.63, 3.8) is 0 Å². The summed E-state index contributed by atoms with van der Waals surface area (Å²) < 4.78 is 9.10. The van der Waals surface area contributed by atoms with E-state index in [9.17, 15) is 0 Å². The average molecular weight is 655 g/mol. The highest BCUT2D eigenvalue weighted by Crippen LogP contribution is 2.41. The van der Waals surface area contributed by atoms with Gasteiger partial charge in [0.1, 0.15) is 11.2 Å². The Hall–Kier alpha value is -6.36. The van der Waals surface area contributed by atoms with Gasteiger partial charge < -0.3 is 4.42 Å². The predicted molar refractivity (Wildman–Crippen MR) is 211 cm³/mol. The minimum Gasteiger partial charge on any atom is -0.456 e. The van der Waals surface area contributed by atoms with Gasteiger partial charge in [-0.15, -0.1) is 11.3 Å². The van der Waals surface area contributed by atoms with E-state index in [2.05, 4.69) is 158 Å². The molecule has 0 radical (unpaired) electrons. The molecule has 11 aromatic rings. The first-order chi connectivity index (χ1) is 24.7. The van der Waals surface area contributed by atoms with E-state index >= 15 is 0 Å². The lowest BCUT2D eigenvalue weighted by Gasteiger charge is -2.12. The van der Waals surface area contributed by atoms with Gasteiger partial charge in [0, 0.05) is 42.1 Å². The van der Waals surface area contributed by atoms with Crippen molar-refractivity contribution in [1.82, 2.24) is 9.97 Å². The highest BCUT2D eigenvalue weighted by molar-refractivity contribution is 7.25. The largest absolute Gasteiger partial charge is 0.456 e. The highest BCUT2D eigenvalue weighted by atomic mass is 32.1. The molecule has 3 aromatic heterocycles. The monoisotopic (exact) mass is 654 g/mol. The van der Waals surface area contributed by atoms with Crippen molar-refractivity contribution in [2.24, 2.45) is 0 Å². The van der Waals surface area contributed by atoms with Crippen molar-refractivity contribution in [3.8, 4) is 33.8 Å². The molecule has 0 fully saturated rings. The number of aromatic nitrogens is 2. The third-order valence-corrected chi connectivity index (χ3v) is 11.2. The Kier molecular flexibility index (Phi) is 5.83. The summed E-state index contributed by atoms with van der Waals surface area (Å²) in [5, 5.41) is 10.4. The molecular weight excluding hydrogens is 629 g/mol. The van der Waals surface area contributed by atoms with Crippen molar-refractivity contribution in [1.29, 1.82) is 0 Å². The second kappa shape index (κ2) is 10.6. The summed E-state index contributed by atoms with van der Waals surface area (Å²) >= 11 is 1.85. The molecule has 0 saturated carbocycles. The number of nitrogens with zero attached hydrogens (tertiary/aromatic N) is 2. The lowest BCUT2D eigenvalue weighted by molar-refractivity contribution is 0.669. The molecule has 0 aliphatic carbocycles. The molecule has 0 amide bonds. The first-order valence-electron chi connectivity index (χ1n) is 16.8. The molecular formula is C46H26N2OS. The van der Waals surface area contributed by atoms with Crippen LogP contribution in [0, 0.1) is 0 Å². The van der Waals surface area contributed by atoms with Crippen molar-refractivity contribution >= 4 is 85.9 Å². The maximum atomic E-state index is 6.47. The van der Waals surface area contributed by atoms with Crippen LogP contribution in [0.4, 0.5) is 0 Å². The molecule has 11 rings (SSSR count). The lowest BCUT2D eigenvalue weighted by Crippen LogP contribution is -1.96. The number of hydrogen-bond acceptors (Lipinski definition) is 4. The van der Waals surface area contributed by atoms with E-state index < -0.39 is 0 Å². The van der Waals surface area contributed by atoms with Gasteiger partial charge in [-0.2, -0.15) is 0 Å². The maximum absolute atomic E-state index is 6.47. The molecule has 4 heteroatoms. The Bertz CT molecular complexity index is 3150. The Morgan fingerprint density at radius 3 is 1.94 bits per heavy atom. The van der Waals surface area contributed by atoms with Crippen LogP contribution < -0.4 is 0 Å². The van der Waals surface area contributed by atoms with E-state index in [-0.39, 0.29) is 0 Å². The topological polar surface area (TPSA) is 38.9 Å². The van der Waals surface area contributed by atoms with Gasteiger partial charge in [-0.25, -0.2) is 9.97 Å². The van der Waals surface area contributed by atoms with Crippen LogP contribution in [0.1, 0.15) is 0 Å². The second-order valence-corrected chi connectivity index (χ2v) is 14.1. The van der Waals surface area contributed by atoms with Crippen LogP contribution in [-0.4, -0.2) is 9.97 Å². The first kappa shape index (κ1) is 27.6. The van der Waals surface area contributed by atoms with Gasteiger partial charge in [0.15, 0.2) is 5.82 Å². The molecule has 8 aromatic carbocycles. The van der Waals surface area contributed by atoms with Gasteiger partial charge >= 0.3 is 0 Å². The SMILES string of the molecule is c1ccc2cc(-c3nc(-c4ccc(-c5ccc6sc7ccccc7c6c5)cc4)nc4c3ccc3oc5cc6ccccc6cc5c34)ccc2c1. The van der Waals surface area contributed by atoms with Gasteiger partial charge in [-0.3, -0.25) is 0 Å². The van der Waals surface area contributed by atoms with Crippen molar-refractivity contribution in [3.05, 3.63) is 158 Å². The zero-order chi connectivity index (χ0) is 32.8. The quantitative estimate of drug-likeness (QED) is 0.190. The van der Waals surface area contributed by atoms with Gasteiger partial charge in [0.25, 0.3) is 0 Å². The van der Waals surface area contributed by atoms with E-state index in [1.54, 1.807) is 0 Å². The van der Waals surface area contributed by atoms with Crippen LogP contribution in [0.5, 0.6) is 0 Å². The first-order valence-corrected chi connectivity index (χ1v) is 17.6.